The Morgan fingerprint density at radius 3 is 2.39 bits per heavy atom. The van der Waals surface area contributed by atoms with Crippen LogP contribution in [0.15, 0.2) is 53.5 Å². The summed E-state index contributed by atoms with van der Waals surface area (Å²) in [6.45, 7) is 0.375. The molecule has 0 aliphatic carbocycles. The van der Waals surface area contributed by atoms with E-state index in [0.717, 1.165) is 0 Å². The lowest BCUT2D eigenvalue weighted by atomic mass is 9.97. The van der Waals surface area contributed by atoms with E-state index in [1.807, 2.05) is 0 Å². The number of nitrogens with one attached hydrogen (secondary N) is 2. The Bertz CT molecular complexity index is 1100. The molecule has 12 heteroatoms. The molecule has 0 saturated carbocycles. The number of Topliss-reactive ketones (excluding diaryl/α,β-unsaturated/α-hetero) is 1. The van der Waals surface area contributed by atoms with Crippen LogP contribution in [0.2, 0.25) is 0 Å². The van der Waals surface area contributed by atoms with E-state index in [2.05, 4.69) is 15.6 Å². The summed E-state index contributed by atoms with van der Waals surface area (Å²) in [5.74, 6) is -3.27. The number of aliphatic carboxylic acids is 1. The molecule has 9 N–H and O–H groups in total. The molecule has 2 aromatic carbocycles. The van der Waals surface area contributed by atoms with Crippen molar-refractivity contribution in [1.82, 2.24) is 5.32 Å². The average Bonchev–Trinajstić information content (AvgIpc) is 2.86. The first-order valence-corrected chi connectivity index (χ1v) is 11.1. The molecule has 2 amide bonds. The number of hydrogen-bond donors (Lipinski definition) is 6. The second-order valence-corrected chi connectivity index (χ2v) is 7.73. The average molecular weight is 499 g/mol. The van der Waals surface area contributed by atoms with Crippen LogP contribution in [0.25, 0.3) is 0 Å². The van der Waals surface area contributed by atoms with Gasteiger partial charge in [0.1, 0.15) is 18.2 Å². The molecular weight excluding hydrogens is 468 g/mol. The van der Waals surface area contributed by atoms with Crippen molar-refractivity contribution in [3.63, 3.8) is 0 Å². The number of anilines is 1. The van der Waals surface area contributed by atoms with Gasteiger partial charge in [0.05, 0.1) is 31.1 Å². The molecule has 192 valence electrons. The zero-order chi connectivity index (χ0) is 26.5. The summed E-state index contributed by atoms with van der Waals surface area (Å²) in [4.78, 5) is 52.9. The Kier molecular flexibility index (Phi) is 11.0. The minimum absolute atomic E-state index is 0.0601. The normalized spacial score (nSPS) is 11.9. The number of amides is 2. The maximum atomic E-state index is 12.7. The van der Waals surface area contributed by atoms with Crippen LogP contribution in [-0.2, 0) is 14.4 Å². The third kappa shape index (κ3) is 9.52. The van der Waals surface area contributed by atoms with Crippen LogP contribution < -0.4 is 32.6 Å². The molecular formula is C24H30N6O6. The molecule has 0 aliphatic heterocycles. The van der Waals surface area contributed by atoms with E-state index < -0.39 is 35.9 Å². The van der Waals surface area contributed by atoms with Gasteiger partial charge in [-0.1, -0.05) is 6.07 Å². The van der Waals surface area contributed by atoms with E-state index >= 15 is 0 Å². The molecule has 0 saturated heterocycles. The van der Waals surface area contributed by atoms with E-state index in [1.165, 1.54) is 12.1 Å². The summed E-state index contributed by atoms with van der Waals surface area (Å²) in [5.41, 5.74) is 17.5. The van der Waals surface area contributed by atoms with Crippen molar-refractivity contribution in [3.8, 4) is 5.75 Å². The van der Waals surface area contributed by atoms with Gasteiger partial charge in [0.15, 0.2) is 5.78 Å². The lowest BCUT2D eigenvalue weighted by molar-refractivity contribution is -0.140. The van der Waals surface area contributed by atoms with Crippen LogP contribution in [0.5, 0.6) is 5.75 Å². The number of carboxylic acids is 1. The van der Waals surface area contributed by atoms with Crippen molar-refractivity contribution in [2.75, 3.05) is 31.6 Å². The summed E-state index contributed by atoms with van der Waals surface area (Å²) >= 11 is 0. The second kappa shape index (κ2) is 14.2. The minimum atomic E-state index is -1.23. The molecule has 12 nitrogen and oxygen atoms in total. The minimum Gasteiger partial charge on any atom is -0.492 e. The highest BCUT2D eigenvalue weighted by Gasteiger charge is 2.25. The van der Waals surface area contributed by atoms with Crippen molar-refractivity contribution in [2.45, 2.75) is 12.8 Å². The van der Waals surface area contributed by atoms with Gasteiger partial charge in [-0.2, -0.15) is 0 Å². The van der Waals surface area contributed by atoms with Crippen LogP contribution in [0.3, 0.4) is 0 Å². The fourth-order valence-corrected chi connectivity index (χ4v) is 3.08. The predicted molar refractivity (Wildman–Crippen MR) is 134 cm³/mol. The molecule has 0 aliphatic rings. The van der Waals surface area contributed by atoms with Crippen LogP contribution >= 0.6 is 0 Å². The Labute approximate surface area is 207 Å². The van der Waals surface area contributed by atoms with Gasteiger partial charge in [-0.3, -0.25) is 19.2 Å². The number of nitrogens with zero attached hydrogens (tertiary/aromatic N) is 1. The van der Waals surface area contributed by atoms with Crippen molar-refractivity contribution >= 4 is 40.8 Å². The summed E-state index contributed by atoms with van der Waals surface area (Å²) < 4.78 is 5.36. The van der Waals surface area contributed by atoms with Gasteiger partial charge in [0.2, 0.25) is 5.91 Å². The maximum Gasteiger partial charge on any atom is 0.304 e. The highest BCUT2D eigenvalue weighted by Crippen LogP contribution is 2.19. The molecule has 0 spiro atoms. The molecule has 36 heavy (non-hydrogen) atoms. The molecule has 0 unspecified atom stereocenters. The first kappa shape index (κ1) is 28.0. The summed E-state index contributed by atoms with van der Waals surface area (Å²) in [6.07, 6.45) is -0.917. The Balaban J connectivity index is 1.96. The Hall–Kier alpha value is -4.29. The SMILES string of the molecule is NCCOc1ccc(NC(=O)[C@H](CC(=O)O)CC(=O)CNC(=O)c2cccc(N=C(N)CN)c2)cc1. The highest BCUT2D eigenvalue weighted by atomic mass is 16.5. The zero-order valence-electron chi connectivity index (χ0n) is 19.6. The third-order valence-electron chi connectivity index (χ3n) is 4.81. The number of ketones is 1. The Morgan fingerprint density at radius 2 is 1.75 bits per heavy atom. The molecule has 0 bridgehead atoms. The number of carboxylic acid groups (broad SMARTS) is 1. The molecule has 0 radical (unpaired) electrons. The quantitative estimate of drug-likeness (QED) is 0.157. The van der Waals surface area contributed by atoms with Crippen molar-refractivity contribution in [2.24, 2.45) is 28.1 Å². The topological polar surface area (TPSA) is 212 Å². The lowest BCUT2D eigenvalue weighted by Crippen LogP contribution is -2.33. The third-order valence-corrected chi connectivity index (χ3v) is 4.81. The van der Waals surface area contributed by atoms with Gasteiger partial charge in [-0.25, -0.2) is 4.99 Å². The Morgan fingerprint density at radius 1 is 1.03 bits per heavy atom. The van der Waals surface area contributed by atoms with E-state index in [0.29, 0.717) is 30.3 Å². The van der Waals surface area contributed by atoms with Gasteiger partial charge < -0.3 is 37.7 Å². The number of nitrogens with two attached hydrogens (primary N) is 3. The van der Waals surface area contributed by atoms with Crippen molar-refractivity contribution in [1.29, 1.82) is 0 Å². The van der Waals surface area contributed by atoms with Crippen LogP contribution in [-0.4, -0.2) is 60.8 Å². The van der Waals surface area contributed by atoms with Gasteiger partial charge in [-0.05, 0) is 42.5 Å². The first-order valence-electron chi connectivity index (χ1n) is 11.1. The molecule has 2 rings (SSSR count). The number of rotatable bonds is 14. The standard InChI is InChI=1S/C24H30N6O6/c25-8-9-36-20-6-4-17(5-7-20)30-24(35)16(12-22(32)33)11-19(31)14-28-23(34)15-2-1-3-18(10-15)29-21(27)13-26/h1-7,10,16H,8-9,11-14,25-26H2,(H2,27,29)(H,28,34)(H,30,35)(H,32,33)/t16-/m0/s1. The van der Waals surface area contributed by atoms with Crippen molar-refractivity contribution < 1.29 is 29.0 Å². The summed E-state index contributed by atoms with van der Waals surface area (Å²) in [6, 6.07) is 12.7. The number of benzene rings is 2. The van der Waals surface area contributed by atoms with E-state index in [4.69, 9.17) is 21.9 Å². The molecule has 2 aromatic rings. The second-order valence-electron chi connectivity index (χ2n) is 7.73. The fourth-order valence-electron chi connectivity index (χ4n) is 3.08. The van der Waals surface area contributed by atoms with Crippen molar-refractivity contribution in [3.05, 3.63) is 54.1 Å². The van der Waals surface area contributed by atoms with Crippen LogP contribution in [0.4, 0.5) is 11.4 Å². The van der Waals surface area contributed by atoms with Crippen LogP contribution in [0, 0.1) is 5.92 Å². The lowest BCUT2D eigenvalue weighted by Gasteiger charge is -2.15. The summed E-state index contributed by atoms with van der Waals surface area (Å²) in [5, 5.41) is 14.3. The zero-order valence-corrected chi connectivity index (χ0v) is 19.6. The number of hydrogen-bond acceptors (Lipinski definition) is 8. The van der Waals surface area contributed by atoms with Gasteiger partial charge >= 0.3 is 5.97 Å². The van der Waals surface area contributed by atoms with Gasteiger partial charge in [-0.15, -0.1) is 0 Å². The molecule has 0 fully saturated rings. The number of amidine groups is 1. The number of aliphatic imine (C=N–C) groups is 1. The molecule has 1 atom stereocenters. The number of carbonyl (C=O) groups is 4. The van der Waals surface area contributed by atoms with Gasteiger partial charge in [0, 0.05) is 24.2 Å². The van der Waals surface area contributed by atoms with E-state index in [9.17, 15) is 24.3 Å². The van der Waals surface area contributed by atoms with E-state index in [1.54, 1.807) is 36.4 Å². The smallest absolute Gasteiger partial charge is 0.304 e. The molecule has 0 heterocycles. The molecule has 0 aromatic heterocycles. The van der Waals surface area contributed by atoms with E-state index in [-0.39, 0.29) is 30.9 Å². The highest BCUT2D eigenvalue weighted by molar-refractivity contribution is 6.00. The van der Waals surface area contributed by atoms with Crippen LogP contribution in [0.1, 0.15) is 23.2 Å². The monoisotopic (exact) mass is 498 g/mol. The largest absolute Gasteiger partial charge is 0.492 e. The fraction of sp³-hybridized carbons (Fsp3) is 0.292. The number of ether oxygens (including phenoxy) is 1. The predicted octanol–water partition coefficient (Wildman–Crippen LogP) is 0.390. The number of carbonyl (C=O) groups excluding carboxylic acids is 3. The maximum absolute atomic E-state index is 12.7. The summed E-state index contributed by atoms with van der Waals surface area (Å²) in [7, 11) is 0. The van der Waals surface area contributed by atoms with Gasteiger partial charge in [0.25, 0.3) is 5.91 Å². The first-order chi connectivity index (χ1) is 17.2.